The highest BCUT2D eigenvalue weighted by molar-refractivity contribution is 5.77. The van der Waals surface area contributed by atoms with Crippen LogP contribution in [0.2, 0.25) is 0 Å². The molecule has 0 radical (unpaired) electrons. The summed E-state index contributed by atoms with van der Waals surface area (Å²) in [6, 6.07) is 0.661. The molecule has 22 heavy (non-hydrogen) atoms. The van der Waals surface area contributed by atoms with Gasteiger partial charge in [-0.15, -0.1) is 0 Å². The van der Waals surface area contributed by atoms with E-state index in [1.807, 2.05) is 4.90 Å². The van der Waals surface area contributed by atoms with Gasteiger partial charge in [0.2, 0.25) is 5.91 Å². The normalized spacial score (nSPS) is 21.0. The Bertz CT molecular complexity index is 389. The van der Waals surface area contributed by atoms with Crippen molar-refractivity contribution in [2.45, 2.75) is 77.8 Å². The van der Waals surface area contributed by atoms with Crippen LogP contribution in [0.4, 0.5) is 4.79 Å². The molecule has 2 aliphatic rings. The minimum atomic E-state index is 0.0198. The Morgan fingerprint density at radius 1 is 0.955 bits per heavy atom. The zero-order chi connectivity index (χ0) is 16.2. The second-order valence-electron chi connectivity index (χ2n) is 8.00. The van der Waals surface area contributed by atoms with E-state index in [1.54, 1.807) is 0 Å². The Morgan fingerprint density at radius 3 is 2.05 bits per heavy atom. The van der Waals surface area contributed by atoms with Crippen LogP contribution < -0.4 is 10.6 Å². The summed E-state index contributed by atoms with van der Waals surface area (Å²) in [5.74, 6) is 0.126. The van der Waals surface area contributed by atoms with Gasteiger partial charge in [0.25, 0.3) is 0 Å². The van der Waals surface area contributed by atoms with E-state index in [4.69, 9.17) is 0 Å². The number of urea groups is 1. The average Bonchev–Trinajstić information content (AvgIpc) is 2.90. The quantitative estimate of drug-likeness (QED) is 0.842. The first kappa shape index (κ1) is 17.1. The van der Waals surface area contributed by atoms with Gasteiger partial charge in [0.05, 0.1) is 0 Å². The highest BCUT2D eigenvalue weighted by Gasteiger charge is 2.26. The van der Waals surface area contributed by atoms with Crippen LogP contribution in [0.25, 0.3) is 0 Å². The van der Waals surface area contributed by atoms with Crippen LogP contribution in [0, 0.1) is 5.41 Å². The molecule has 0 aromatic carbocycles. The van der Waals surface area contributed by atoms with E-state index >= 15 is 0 Å². The Hall–Kier alpha value is -1.26. The number of nitrogens with one attached hydrogen (secondary N) is 2. The molecule has 0 unspecified atom stereocenters. The van der Waals surface area contributed by atoms with E-state index in [9.17, 15) is 9.59 Å². The molecule has 2 rings (SSSR count). The molecule has 5 heteroatoms. The molecule has 126 valence electrons. The molecule has 1 aliphatic heterocycles. The van der Waals surface area contributed by atoms with Crippen LogP contribution in [0.3, 0.4) is 0 Å². The maximum absolute atomic E-state index is 12.2. The minimum absolute atomic E-state index is 0.0198. The molecular weight excluding hydrogens is 278 g/mol. The predicted molar refractivity (Wildman–Crippen MR) is 87.6 cm³/mol. The van der Waals surface area contributed by atoms with E-state index in [0.29, 0.717) is 12.5 Å². The van der Waals surface area contributed by atoms with Crippen LogP contribution >= 0.6 is 0 Å². The standard InChI is InChI=1S/C17H31N3O2/c1-17(2,3)12-15(21)18-14-8-10-20(11-9-14)16(22)19-13-6-4-5-7-13/h13-14H,4-12H2,1-3H3,(H,18,21)(H,19,22). The maximum Gasteiger partial charge on any atom is 0.317 e. The monoisotopic (exact) mass is 309 g/mol. The summed E-state index contributed by atoms with van der Waals surface area (Å²) in [5.41, 5.74) is 0.0198. The van der Waals surface area contributed by atoms with Gasteiger partial charge in [-0.25, -0.2) is 4.79 Å². The summed E-state index contributed by atoms with van der Waals surface area (Å²) in [6.45, 7) is 7.69. The molecule has 1 heterocycles. The number of hydrogen-bond acceptors (Lipinski definition) is 2. The van der Waals surface area contributed by atoms with Crippen molar-refractivity contribution in [3.63, 3.8) is 0 Å². The van der Waals surface area contributed by atoms with Crippen molar-refractivity contribution in [3.8, 4) is 0 Å². The first-order valence-electron chi connectivity index (χ1n) is 8.68. The molecule has 1 saturated heterocycles. The molecule has 0 aromatic heterocycles. The molecular formula is C17H31N3O2. The Morgan fingerprint density at radius 2 is 1.50 bits per heavy atom. The number of carbonyl (C=O) groups excluding carboxylic acids is 2. The lowest BCUT2D eigenvalue weighted by atomic mass is 9.91. The number of nitrogens with zero attached hydrogens (tertiary/aromatic N) is 1. The van der Waals surface area contributed by atoms with E-state index in [1.165, 1.54) is 12.8 Å². The lowest BCUT2D eigenvalue weighted by molar-refractivity contribution is -0.123. The smallest absolute Gasteiger partial charge is 0.317 e. The number of amides is 3. The highest BCUT2D eigenvalue weighted by atomic mass is 16.2. The van der Waals surface area contributed by atoms with Crippen LogP contribution in [0.1, 0.15) is 65.7 Å². The van der Waals surface area contributed by atoms with Crippen molar-refractivity contribution < 1.29 is 9.59 Å². The number of rotatable bonds is 3. The summed E-state index contributed by atoms with van der Waals surface area (Å²) in [7, 11) is 0. The molecule has 1 saturated carbocycles. The lowest BCUT2D eigenvalue weighted by Gasteiger charge is -2.33. The van der Waals surface area contributed by atoms with E-state index < -0.39 is 0 Å². The fourth-order valence-corrected chi connectivity index (χ4v) is 3.32. The SMILES string of the molecule is CC(C)(C)CC(=O)NC1CCN(C(=O)NC2CCCC2)CC1. The Balaban J connectivity index is 1.68. The summed E-state index contributed by atoms with van der Waals surface area (Å²) < 4.78 is 0. The van der Waals surface area contributed by atoms with Gasteiger partial charge >= 0.3 is 6.03 Å². The molecule has 0 bridgehead atoms. The summed E-state index contributed by atoms with van der Waals surface area (Å²) in [5, 5.41) is 6.25. The van der Waals surface area contributed by atoms with Gasteiger partial charge in [-0.05, 0) is 31.1 Å². The zero-order valence-electron chi connectivity index (χ0n) is 14.3. The predicted octanol–water partition coefficient (Wildman–Crippen LogP) is 2.66. The van der Waals surface area contributed by atoms with Crippen molar-refractivity contribution in [2.75, 3.05) is 13.1 Å². The number of piperidine rings is 1. The zero-order valence-corrected chi connectivity index (χ0v) is 14.3. The van der Waals surface area contributed by atoms with Crippen molar-refractivity contribution in [1.29, 1.82) is 0 Å². The van der Waals surface area contributed by atoms with Crippen molar-refractivity contribution in [3.05, 3.63) is 0 Å². The van der Waals surface area contributed by atoms with Gasteiger partial charge in [-0.2, -0.15) is 0 Å². The molecule has 0 atom stereocenters. The molecule has 0 aromatic rings. The van der Waals surface area contributed by atoms with E-state index in [-0.39, 0.29) is 23.4 Å². The fraction of sp³-hybridized carbons (Fsp3) is 0.882. The van der Waals surface area contributed by atoms with Gasteiger partial charge in [-0.3, -0.25) is 4.79 Å². The Labute approximate surface area is 134 Å². The summed E-state index contributed by atoms with van der Waals surface area (Å²) in [4.78, 5) is 26.1. The van der Waals surface area contributed by atoms with Crippen LogP contribution in [0.5, 0.6) is 0 Å². The second-order valence-corrected chi connectivity index (χ2v) is 8.00. The number of hydrogen-bond donors (Lipinski definition) is 2. The fourth-order valence-electron chi connectivity index (χ4n) is 3.32. The van der Waals surface area contributed by atoms with Gasteiger partial charge < -0.3 is 15.5 Å². The largest absolute Gasteiger partial charge is 0.353 e. The number of likely N-dealkylation sites (tertiary alicyclic amines) is 1. The summed E-state index contributed by atoms with van der Waals surface area (Å²) >= 11 is 0. The van der Waals surface area contributed by atoms with Crippen LogP contribution in [-0.2, 0) is 4.79 Å². The van der Waals surface area contributed by atoms with Gasteiger partial charge in [0.1, 0.15) is 0 Å². The summed E-state index contributed by atoms with van der Waals surface area (Å²) in [6.07, 6.45) is 6.95. The maximum atomic E-state index is 12.2. The minimum Gasteiger partial charge on any atom is -0.353 e. The molecule has 2 N–H and O–H groups in total. The molecule has 1 aliphatic carbocycles. The van der Waals surface area contributed by atoms with Crippen molar-refractivity contribution in [2.24, 2.45) is 5.41 Å². The van der Waals surface area contributed by atoms with E-state index in [0.717, 1.165) is 38.8 Å². The first-order chi connectivity index (χ1) is 10.3. The lowest BCUT2D eigenvalue weighted by Crippen LogP contribution is -2.51. The van der Waals surface area contributed by atoms with E-state index in [2.05, 4.69) is 31.4 Å². The van der Waals surface area contributed by atoms with Crippen LogP contribution in [0.15, 0.2) is 0 Å². The molecule has 3 amide bonds. The van der Waals surface area contributed by atoms with Crippen LogP contribution in [-0.4, -0.2) is 42.0 Å². The Kier molecular flexibility index (Phi) is 5.70. The van der Waals surface area contributed by atoms with Crippen molar-refractivity contribution >= 4 is 11.9 Å². The highest BCUT2D eigenvalue weighted by Crippen LogP contribution is 2.20. The molecule has 0 spiro atoms. The van der Waals surface area contributed by atoms with Gasteiger partial charge in [0.15, 0.2) is 0 Å². The average molecular weight is 309 g/mol. The third kappa shape index (κ3) is 5.50. The van der Waals surface area contributed by atoms with Gasteiger partial charge in [-0.1, -0.05) is 33.6 Å². The third-order valence-electron chi connectivity index (χ3n) is 4.52. The molecule has 5 nitrogen and oxygen atoms in total. The second kappa shape index (κ2) is 7.34. The van der Waals surface area contributed by atoms with Gasteiger partial charge in [0, 0.05) is 31.6 Å². The topological polar surface area (TPSA) is 61.4 Å². The molecule has 2 fully saturated rings. The van der Waals surface area contributed by atoms with Crippen molar-refractivity contribution in [1.82, 2.24) is 15.5 Å². The third-order valence-corrected chi connectivity index (χ3v) is 4.52. The number of carbonyl (C=O) groups is 2. The first-order valence-corrected chi connectivity index (χ1v) is 8.68.